The van der Waals surface area contributed by atoms with E-state index in [-0.39, 0.29) is 0 Å². The highest BCUT2D eigenvalue weighted by Gasteiger charge is 2.21. The maximum atomic E-state index is 11.5. The molecular weight excluding hydrogens is 274 g/mol. The van der Waals surface area contributed by atoms with Crippen molar-refractivity contribution < 1.29 is 9.90 Å². The van der Waals surface area contributed by atoms with Crippen LogP contribution in [0.1, 0.15) is 80.2 Å². The second-order valence-corrected chi connectivity index (χ2v) is 6.70. The summed E-state index contributed by atoms with van der Waals surface area (Å²) in [5.41, 5.74) is 5.33. The smallest absolute Gasteiger partial charge is 0.335 e. The molecule has 1 aromatic heterocycles. The van der Waals surface area contributed by atoms with E-state index in [1.165, 1.54) is 16.8 Å². The van der Waals surface area contributed by atoms with Crippen LogP contribution in [-0.2, 0) is 6.42 Å². The Bertz CT molecular complexity index is 708. The zero-order valence-corrected chi connectivity index (χ0v) is 14.5. The molecule has 1 aromatic carbocycles. The highest BCUT2D eigenvalue weighted by Crippen LogP contribution is 2.36. The summed E-state index contributed by atoms with van der Waals surface area (Å²) in [6, 6.07) is 4.07. The van der Waals surface area contributed by atoms with E-state index >= 15 is 0 Å². The predicted molar refractivity (Wildman–Crippen MR) is 92.1 cm³/mol. The number of hydrogen-bond acceptors (Lipinski definition) is 1. The first-order valence-corrected chi connectivity index (χ1v) is 8.20. The third kappa shape index (κ3) is 2.65. The number of carbonyl (C=O) groups is 1. The summed E-state index contributed by atoms with van der Waals surface area (Å²) in [6.07, 6.45) is 2.05. The molecule has 0 aliphatic rings. The van der Waals surface area contributed by atoms with Gasteiger partial charge in [0.2, 0.25) is 0 Å². The number of rotatable bonds is 5. The second-order valence-electron chi connectivity index (χ2n) is 6.70. The maximum Gasteiger partial charge on any atom is 0.335 e. The van der Waals surface area contributed by atoms with Gasteiger partial charge in [-0.1, -0.05) is 27.2 Å². The van der Waals surface area contributed by atoms with Crippen LogP contribution in [0.25, 0.3) is 10.9 Å². The Morgan fingerprint density at radius 2 is 1.86 bits per heavy atom. The SMILES string of the molecule is CCCc1c(C)n(C(C)C)c2c(C(C)C)cc(C(=O)O)cc12. The van der Waals surface area contributed by atoms with E-state index in [2.05, 4.69) is 46.1 Å². The van der Waals surface area contributed by atoms with Crippen molar-refractivity contribution in [3.8, 4) is 0 Å². The van der Waals surface area contributed by atoms with Crippen molar-refractivity contribution in [2.75, 3.05) is 0 Å². The van der Waals surface area contributed by atoms with E-state index in [4.69, 9.17) is 0 Å². The minimum Gasteiger partial charge on any atom is -0.478 e. The second kappa shape index (κ2) is 6.15. The van der Waals surface area contributed by atoms with Gasteiger partial charge in [0.15, 0.2) is 0 Å². The van der Waals surface area contributed by atoms with Crippen LogP contribution in [0.5, 0.6) is 0 Å². The van der Waals surface area contributed by atoms with E-state index in [9.17, 15) is 9.90 Å². The number of carboxylic acid groups (broad SMARTS) is 1. The third-order valence-electron chi connectivity index (χ3n) is 4.39. The molecule has 0 bridgehead atoms. The third-order valence-corrected chi connectivity index (χ3v) is 4.39. The van der Waals surface area contributed by atoms with Crippen molar-refractivity contribution >= 4 is 16.9 Å². The number of aromatic nitrogens is 1. The van der Waals surface area contributed by atoms with E-state index in [0.29, 0.717) is 17.5 Å². The van der Waals surface area contributed by atoms with Gasteiger partial charge in [-0.3, -0.25) is 0 Å². The molecule has 1 N–H and O–H groups in total. The standard InChI is InChI=1S/C19H27NO2/c1-7-8-15-13(6)20(12(4)5)18-16(11(2)3)9-14(19(21)22)10-17(15)18/h9-12H,7-8H2,1-6H3,(H,21,22). The average Bonchev–Trinajstić information content (AvgIpc) is 2.71. The quantitative estimate of drug-likeness (QED) is 0.813. The molecule has 3 nitrogen and oxygen atoms in total. The van der Waals surface area contributed by atoms with Gasteiger partial charge in [0.1, 0.15) is 0 Å². The molecule has 0 aliphatic carbocycles. The Labute approximate surface area is 133 Å². The largest absolute Gasteiger partial charge is 0.478 e. The topological polar surface area (TPSA) is 42.2 Å². The number of aryl methyl sites for hydroxylation is 1. The van der Waals surface area contributed by atoms with Crippen LogP contribution in [-0.4, -0.2) is 15.6 Å². The molecule has 0 saturated heterocycles. The number of benzene rings is 1. The summed E-state index contributed by atoms with van der Waals surface area (Å²) in [5.74, 6) is -0.552. The van der Waals surface area contributed by atoms with Crippen LogP contribution in [0.15, 0.2) is 12.1 Å². The highest BCUT2D eigenvalue weighted by molar-refractivity contribution is 5.97. The number of aromatic carboxylic acids is 1. The molecule has 0 unspecified atom stereocenters. The molecule has 22 heavy (non-hydrogen) atoms. The Kier molecular flexibility index (Phi) is 4.64. The van der Waals surface area contributed by atoms with Crippen molar-refractivity contribution in [2.24, 2.45) is 0 Å². The summed E-state index contributed by atoms with van der Waals surface area (Å²) >= 11 is 0. The van der Waals surface area contributed by atoms with Crippen LogP contribution < -0.4 is 0 Å². The molecule has 0 spiro atoms. The van der Waals surface area contributed by atoms with Gasteiger partial charge in [0.05, 0.1) is 11.1 Å². The van der Waals surface area contributed by atoms with Crippen molar-refractivity contribution in [3.63, 3.8) is 0 Å². The minimum absolute atomic E-state index is 0.295. The van der Waals surface area contributed by atoms with Gasteiger partial charge in [-0.25, -0.2) is 4.79 Å². The van der Waals surface area contributed by atoms with Crippen LogP contribution in [0.2, 0.25) is 0 Å². The fourth-order valence-corrected chi connectivity index (χ4v) is 3.44. The zero-order valence-electron chi connectivity index (χ0n) is 14.5. The van der Waals surface area contributed by atoms with Gasteiger partial charge in [-0.2, -0.15) is 0 Å². The Morgan fingerprint density at radius 3 is 2.32 bits per heavy atom. The summed E-state index contributed by atoms with van der Waals surface area (Å²) < 4.78 is 2.38. The van der Waals surface area contributed by atoms with E-state index in [1.807, 2.05) is 12.1 Å². The molecule has 1 heterocycles. The minimum atomic E-state index is -0.846. The van der Waals surface area contributed by atoms with Crippen molar-refractivity contribution in [1.29, 1.82) is 0 Å². The molecule has 120 valence electrons. The average molecular weight is 301 g/mol. The van der Waals surface area contributed by atoms with Crippen LogP contribution in [0.3, 0.4) is 0 Å². The monoisotopic (exact) mass is 301 g/mol. The fourth-order valence-electron chi connectivity index (χ4n) is 3.44. The lowest BCUT2D eigenvalue weighted by Crippen LogP contribution is -2.06. The highest BCUT2D eigenvalue weighted by atomic mass is 16.4. The molecule has 0 radical (unpaired) electrons. The summed E-state index contributed by atoms with van der Waals surface area (Å²) in [5, 5.41) is 10.6. The van der Waals surface area contributed by atoms with Gasteiger partial charge in [-0.15, -0.1) is 0 Å². The Balaban J connectivity index is 2.96. The van der Waals surface area contributed by atoms with Crippen molar-refractivity contribution in [3.05, 3.63) is 34.5 Å². The first kappa shape index (κ1) is 16.6. The molecule has 0 amide bonds. The first-order valence-electron chi connectivity index (χ1n) is 8.20. The molecule has 0 aliphatic heterocycles. The summed E-state index contributed by atoms with van der Waals surface area (Å²) in [6.45, 7) is 13.0. The van der Waals surface area contributed by atoms with Gasteiger partial charge in [0.25, 0.3) is 0 Å². The lowest BCUT2D eigenvalue weighted by atomic mass is 9.95. The van der Waals surface area contributed by atoms with E-state index < -0.39 is 5.97 Å². The lowest BCUT2D eigenvalue weighted by molar-refractivity contribution is 0.0697. The predicted octanol–water partition coefficient (Wildman–Crippen LogP) is 5.30. The Morgan fingerprint density at radius 1 is 1.23 bits per heavy atom. The van der Waals surface area contributed by atoms with Crippen LogP contribution in [0.4, 0.5) is 0 Å². The van der Waals surface area contributed by atoms with E-state index in [1.54, 1.807) is 0 Å². The summed E-state index contributed by atoms with van der Waals surface area (Å²) in [7, 11) is 0. The lowest BCUT2D eigenvalue weighted by Gasteiger charge is -2.17. The summed E-state index contributed by atoms with van der Waals surface area (Å²) in [4.78, 5) is 11.5. The van der Waals surface area contributed by atoms with Crippen LogP contribution >= 0.6 is 0 Å². The normalized spacial score (nSPS) is 11.8. The number of hydrogen-bond donors (Lipinski definition) is 1. The number of fused-ring (bicyclic) bond motifs is 1. The first-order chi connectivity index (χ1) is 10.3. The zero-order chi connectivity index (χ0) is 16.6. The van der Waals surface area contributed by atoms with Gasteiger partial charge in [-0.05, 0) is 56.4 Å². The number of carboxylic acids is 1. The number of nitrogens with zero attached hydrogens (tertiary/aromatic N) is 1. The molecule has 2 rings (SSSR count). The molecule has 0 saturated carbocycles. The molecule has 3 heteroatoms. The molecule has 2 aromatic rings. The molecular formula is C19H27NO2. The fraction of sp³-hybridized carbons (Fsp3) is 0.526. The van der Waals surface area contributed by atoms with Crippen LogP contribution in [0, 0.1) is 6.92 Å². The Hall–Kier alpha value is -1.77. The van der Waals surface area contributed by atoms with Crippen molar-refractivity contribution in [1.82, 2.24) is 4.57 Å². The van der Waals surface area contributed by atoms with Crippen molar-refractivity contribution in [2.45, 2.75) is 66.3 Å². The van der Waals surface area contributed by atoms with Gasteiger partial charge in [0, 0.05) is 17.1 Å². The maximum absolute atomic E-state index is 11.5. The molecule has 0 atom stereocenters. The van der Waals surface area contributed by atoms with Gasteiger partial charge >= 0.3 is 5.97 Å². The molecule has 0 fully saturated rings. The van der Waals surface area contributed by atoms with E-state index in [0.717, 1.165) is 23.8 Å². The van der Waals surface area contributed by atoms with Gasteiger partial charge < -0.3 is 9.67 Å².